The van der Waals surface area contributed by atoms with Gasteiger partial charge in [0.05, 0.1) is 12.6 Å². The molecule has 0 heterocycles. The van der Waals surface area contributed by atoms with E-state index in [1.807, 2.05) is 0 Å². The van der Waals surface area contributed by atoms with Crippen LogP contribution in [0.1, 0.15) is 6.42 Å². The van der Waals surface area contributed by atoms with Gasteiger partial charge in [-0.15, -0.1) is 0 Å². The van der Waals surface area contributed by atoms with Gasteiger partial charge in [0.1, 0.15) is 6.10 Å². The molecule has 0 aliphatic rings. The van der Waals surface area contributed by atoms with Crippen LogP contribution in [-0.4, -0.2) is 55.9 Å². The fraction of sp³-hybridized carbons (Fsp3) is 0.467. The van der Waals surface area contributed by atoms with Crippen molar-refractivity contribution < 1.29 is 19.4 Å². The smallest absolute Gasteiger partial charge is 0.249 e. The van der Waals surface area contributed by atoms with Gasteiger partial charge in [-0.1, -0.05) is 31.4 Å². The Labute approximate surface area is 130 Å². The van der Waals surface area contributed by atoms with Crippen LogP contribution in [0.15, 0.2) is 37.0 Å². The van der Waals surface area contributed by atoms with Gasteiger partial charge in [-0.2, -0.15) is 0 Å². The van der Waals surface area contributed by atoms with Crippen molar-refractivity contribution in [3.05, 3.63) is 37.0 Å². The number of carbonyl (C=O) groups is 2. The van der Waals surface area contributed by atoms with Crippen LogP contribution in [0.2, 0.25) is 0 Å². The van der Waals surface area contributed by atoms with E-state index in [2.05, 4.69) is 23.8 Å². The molecular formula is C15H25N3O4. The van der Waals surface area contributed by atoms with Gasteiger partial charge in [-0.3, -0.25) is 9.59 Å². The minimum atomic E-state index is -0.851. The number of hydrogen-bond acceptors (Lipinski definition) is 5. The molecular weight excluding hydrogens is 286 g/mol. The summed E-state index contributed by atoms with van der Waals surface area (Å²) in [6.07, 6.45) is 3.32. The van der Waals surface area contributed by atoms with Crippen molar-refractivity contribution in [2.75, 3.05) is 26.7 Å². The zero-order valence-electron chi connectivity index (χ0n) is 12.9. The minimum Gasteiger partial charge on any atom is -0.392 e. The molecule has 22 heavy (non-hydrogen) atoms. The highest BCUT2D eigenvalue weighted by Crippen LogP contribution is 2.01. The van der Waals surface area contributed by atoms with Crippen LogP contribution < -0.4 is 16.4 Å². The van der Waals surface area contributed by atoms with E-state index in [-0.39, 0.29) is 25.4 Å². The molecule has 7 nitrogen and oxygen atoms in total. The predicted octanol–water partition coefficient (Wildman–Crippen LogP) is -0.758. The van der Waals surface area contributed by atoms with Crippen molar-refractivity contribution in [1.29, 1.82) is 0 Å². The minimum absolute atomic E-state index is 0.0353. The van der Waals surface area contributed by atoms with Crippen LogP contribution in [0.4, 0.5) is 0 Å². The highest BCUT2D eigenvalue weighted by atomic mass is 16.5. The van der Waals surface area contributed by atoms with E-state index in [0.717, 1.165) is 5.57 Å². The average Bonchev–Trinajstić information content (AvgIpc) is 2.53. The Morgan fingerprint density at radius 1 is 1.32 bits per heavy atom. The number of aliphatic hydroxyl groups is 1. The number of hydrogen-bond donors (Lipinski definition) is 4. The first-order valence-electron chi connectivity index (χ1n) is 6.87. The number of methoxy groups -OCH3 is 1. The number of rotatable bonds is 11. The molecule has 0 saturated carbocycles. The number of nitrogens with two attached hydrogens (primary N) is 1. The SMILES string of the molecule is C=C/C=C(\C=C)CNC(=O)CNC(=O)C(CC(O)CN)OC. The summed E-state index contributed by atoms with van der Waals surface area (Å²) in [7, 11) is 1.35. The summed E-state index contributed by atoms with van der Waals surface area (Å²) >= 11 is 0. The lowest BCUT2D eigenvalue weighted by atomic mass is 10.1. The molecule has 0 bridgehead atoms. The lowest BCUT2D eigenvalue weighted by Gasteiger charge is -2.17. The van der Waals surface area contributed by atoms with Crippen molar-refractivity contribution >= 4 is 11.8 Å². The Bertz CT molecular complexity index is 421. The van der Waals surface area contributed by atoms with Crippen LogP contribution in [-0.2, 0) is 14.3 Å². The van der Waals surface area contributed by atoms with Crippen molar-refractivity contribution in [1.82, 2.24) is 10.6 Å². The Hall–Kier alpha value is -1.96. The van der Waals surface area contributed by atoms with E-state index in [1.54, 1.807) is 18.2 Å². The lowest BCUT2D eigenvalue weighted by molar-refractivity contribution is -0.134. The number of amides is 2. The quantitative estimate of drug-likeness (QED) is 0.375. The number of aliphatic hydroxyl groups excluding tert-OH is 1. The third-order valence-electron chi connectivity index (χ3n) is 2.84. The van der Waals surface area contributed by atoms with Crippen LogP contribution in [0.5, 0.6) is 0 Å². The molecule has 0 aliphatic carbocycles. The van der Waals surface area contributed by atoms with E-state index in [4.69, 9.17) is 10.5 Å². The van der Waals surface area contributed by atoms with Gasteiger partial charge >= 0.3 is 0 Å². The van der Waals surface area contributed by atoms with Crippen molar-refractivity contribution in [3.8, 4) is 0 Å². The molecule has 0 spiro atoms. The molecule has 2 unspecified atom stereocenters. The van der Waals surface area contributed by atoms with Gasteiger partial charge < -0.3 is 26.2 Å². The fourth-order valence-corrected chi connectivity index (χ4v) is 1.55. The molecule has 0 saturated heterocycles. The van der Waals surface area contributed by atoms with Gasteiger partial charge in [0.2, 0.25) is 11.8 Å². The number of ether oxygens (including phenoxy) is 1. The summed E-state index contributed by atoms with van der Waals surface area (Å²) < 4.78 is 4.97. The maximum absolute atomic E-state index is 11.8. The molecule has 7 heteroatoms. The fourth-order valence-electron chi connectivity index (χ4n) is 1.55. The monoisotopic (exact) mass is 311 g/mol. The summed E-state index contributed by atoms with van der Waals surface area (Å²) in [4.78, 5) is 23.5. The molecule has 0 aromatic heterocycles. The predicted molar refractivity (Wildman–Crippen MR) is 85.0 cm³/mol. The first kappa shape index (κ1) is 20.0. The van der Waals surface area contributed by atoms with E-state index in [0.29, 0.717) is 6.54 Å². The van der Waals surface area contributed by atoms with Crippen molar-refractivity contribution in [2.24, 2.45) is 5.73 Å². The van der Waals surface area contributed by atoms with E-state index < -0.39 is 18.1 Å². The summed E-state index contributed by atoms with van der Waals surface area (Å²) in [6, 6.07) is 0. The molecule has 0 fully saturated rings. The number of nitrogens with one attached hydrogen (secondary N) is 2. The second-order valence-corrected chi connectivity index (χ2v) is 4.53. The Kier molecular flexibility index (Phi) is 10.6. The largest absolute Gasteiger partial charge is 0.392 e. The van der Waals surface area contributed by atoms with Crippen LogP contribution in [0.3, 0.4) is 0 Å². The van der Waals surface area contributed by atoms with E-state index in [9.17, 15) is 14.7 Å². The zero-order valence-corrected chi connectivity index (χ0v) is 12.9. The van der Waals surface area contributed by atoms with E-state index in [1.165, 1.54) is 7.11 Å². The third kappa shape index (κ3) is 8.35. The zero-order chi connectivity index (χ0) is 17.0. The summed E-state index contributed by atoms with van der Waals surface area (Å²) in [5, 5.41) is 14.5. The lowest BCUT2D eigenvalue weighted by Crippen LogP contribution is -2.44. The van der Waals surface area contributed by atoms with Gasteiger partial charge in [0, 0.05) is 26.6 Å². The molecule has 2 atom stereocenters. The first-order valence-corrected chi connectivity index (χ1v) is 6.87. The van der Waals surface area contributed by atoms with Gasteiger partial charge in [0.25, 0.3) is 0 Å². The van der Waals surface area contributed by atoms with Crippen LogP contribution in [0, 0.1) is 0 Å². The molecule has 124 valence electrons. The molecule has 5 N–H and O–H groups in total. The second-order valence-electron chi connectivity index (χ2n) is 4.53. The Morgan fingerprint density at radius 3 is 2.50 bits per heavy atom. The molecule has 0 aromatic rings. The highest BCUT2D eigenvalue weighted by molar-refractivity contribution is 5.87. The standard InChI is InChI=1S/C15H25N3O4/c1-4-6-11(5-2)9-17-14(20)10-18-15(21)13(22-3)7-12(19)8-16/h4-6,12-13,19H,1-2,7-10,16H2,3H3,(H,17,20)(H,18,21)/b11-6+. The van der Waals surface area contributed by atoms with Crippen LogP contribution in [0.25, 0.3) is 0 Å². The highest BCUT2D eigenvalue weighted by Gasteiger charge is 2.21. The first-order chi connectivity index (χ1) is 10.5. The van der Waals surface area contributed by atoms with Gasteiger partial charge in [-0.05, 0) is 5.57 Å². The van der Waals surface area contributed by atoms with Gasteiger partial charge in [0.15, 0.2) is 0 Å². The third-order valence-corrected chi connectivity index (χ3v) is 2.84. The Morgan fingerprint density at radius 2 is 2.00 bits per heavy atom. The second kappa shape index (κ2) is 11.7. The molecule has 0 radical (unpaired) electrons. The maximum Gasteiger partial charge on any atom is 0.249 e. The molecule has 0 rings (SSSR count). The normalized spacial score (nSPS) is 13.9. The van der Waals surface area contributed by atoms with E-state index >= 15 is 0 Å². The molecule has 0 aliphatic heterocycles. The van der Waals surface area contributed by atoms with Crippen LogP contribution >= 0.6 is 0 Å². The summed E-state index contributed by atoms with van der Waals surface area (Å²) in [5.74, 6) is -0.824. The molecule has 0 aromatic carbocycles. The number of carbonyl (C=O) groups excluding carboxylic acids is 2. The summed E-state index contributed by atoms with van der Waals surface area (Å²) in [5.41, 5.74) is 6.08. The average molecular weight is 311 g/mol. The van der Waals surface area contributed by atoms with Crippen molar-refractivity contribution in [2.45, 2.75) is 18.6 Å². The maximum atomic E-state index is 11.8. The van der Waals surface area contributed by atoms with Gasteiger partial charge in [-0.25, -0.2) is 0 Å². The molecule has 2 amide bonds. The Balaban J connectivity index is 4.22. The number of allylic oxidation sites excluding steroid dienone is 2. The summed E-state index contributed by atoms with van der Waals surface area (Å²) in [6.45, 7) is 7.32. The topological polar surface area (TPSA) is 114 Å². The van der Waals surface area contributed by atoms with Crippen molar-refractivity contribution in [3.63, 3.8) is 0 Å².